The number of piperidine rings is 1. The molecular weight excluding hydrogens is 264 g/mol. The van der Waals surface area contributed by atoms with Crippen LogP contribution in [0.3, 0.4) is 0 Å². The first kappa shape index (κ1) is 16.4. The van der Waals surface area contributed by atoms with Crippen molar-refractivity contribution in [1.29, 1.82) is 0 Å². The van der Waals surface area contributed by atoms with E-state index in [1.165, 1.54) is 0 Å². The summed E-state index contributed by atoms with van der Waals surface area (Å²) in [6.07, 6.45) is 6.44. The molecule has 2 N–H and O–H groups in total. The Balaban J connectivity index is 1.76. The Morgan fingerprint density at radius 3 is 2.24 bits per heavy atom. The Bertz CT molecular complexity index is 366. The maximum absolute atomic E-state index is 12.2. The number of rotatable bonds is 4. The molecule has 1 heterocycles. The summed E-state index contributed by atoms with van der Waals surface area (Å²) < 4.78 is 0. The van der Waals surface area contributed by atoms with Gasteiger partial charge in [0.25, 0.3) is 0 Å². The van der Waals surface area contributed by atoms with E-state index in [2.05, 4.69) is 34.8 Å². The number of hydrazone groups is 1. The average molecular weight is 294 g/mol. The monoisotopic (exact) mass is 294 g/mol. The fourth-order valence-electron chi connectivity index (χ4n) is 3.42. The molecule has 1 amide bonds. The Morgan fingerprint density at radius 2 is 1.67 bits per heavy atom. The first-order valence-electron chi connectivity index (χ1n) is 8.29. The Hall–Kier alpha value is -0.940. The summed E-state index contributed by atoms with van der Waals surface area (Å²) in [6.45, 7) is 4.15. The second-order valence-corrected chi connectivity index (χ2v) is 6.72. The molecule has 0 spiro atoms. The molecule has 5 heteroatoms. The van der Waals surface area contributed by atoms with Gasteiger partial charge in [0, 0.05) is 23.6 Å². The van der Waals surface area contributed by atoms with Crippen LogP contribution in [0.25, 0.3) is 0 Å². The molecule has 1 aliphatic heterocycles. The third kappa shape index (κ3) is 4.78. The van der Waals surface area contributed by atoms with Gasteiger partial charge in [-0.1, -0.05) is 0 Å². The van der Waals surface area contributed by atoms with Gasteiger partial charge in [0.1, 0.15) is 0 Å². The smallest absolute Gasteiger partial charge is 0.243 e. The first-order valence-corrected chi connectivity index (χ1v) is 8.29. The third-order valence-electron chi connectivity index (χ3n) is 5.07. The van der Waals surface area contributed by atoms with Crippen molar-refractivity contribution in [3.05, 3.63) is 0 Å². The number of hydrogen-bond acceptors (Lipinski definition) is 4. The lowest BCUT2D eigenvalue weighted by Gasteiger charge is -2.31. The molecule has 21 heavy (non-hydrogen) atoms. The van der Waals surface area contributed by atoms with Crippen molar-refractivity contribution in [1.82, 2.24) is 15.6 Å². The molecule has 1 aliphatic carbocycles. The van der Waals surface area contributed by atoms with Crippen molar-refractivity contribution in [3.63, 3.8) is 0 Å². The van der Waals surface area contributed by atoms with Crippen LogP contribution in [0.1, 0.15) is 45.4 Å². The first-order chi connectivity index (χ1) is 10.1. The number of carbonyl (C=O) groups is 1. The molecule has 1 saturated carbocycles. The molecule has 0 bridgehead atoms. The SMILES string of the molecule is C/C(=N\NC(=O)C1CCC(N(C)C)CC1)C1CCNCC1. The van der Waals surface area contributed by atoms with Gasteiger partial charge < -0.3 is 10.2 Å². The van der Waals surface area contributed by atoms with Gasteiger partial charge in [-0.2, -0.15) is 5.10 Å². The van der Waals surface area contributed by atoms with E-state index in [0.717, 1.165) is 57.3 Å². The zero-order chi connectivity index (χ0) is 15.2. The third-order valence-corrected chi connectivity index (χ3v) is 5.07. The van der Waals surface area contributed by atoms with E-state index in [0.29, 0.717) is 12.0 Å². The van der Waals surface area contributed by atoms with Gasteiger partial charge in [-0.15, -0.1) is 0 Å². The molecule has 0 unspecified atom stereocenters. The summed E-state index contributed by atoms with van der Waals surface area (Å²) >= 11 is 0. The van der Waals surface area contributed by atoms with E-state index in [-0.39, 0.29) is 11.8 Å². The summed E-state index contributed by atoms with van der Waals surface area (Å²) in [7, 11) is 4.25. The highest BCUT2D eigenvalue weighted by molar-refractivity contribution is 5.86. The van der Waals surface area contributed by atoms with Crippen molar-refractivity contribution < 1.29 is 4.79 Å². The molecule has 120 valence electrons. The second kappa shape index (κ2) is 7.90. The van der Waals surface area contributed by atoms with E-state index in [1.807, 2.05) is 6.92 Å². The van der Waals surface area contributed by atoms with Crippen LogP contribution in [-0.4, -0.2) is 49.7 Å². The summed E-state index contributed by atoms with van der Waals surface area (Å²) in [6, 6.07) is 0.633. The minimum atomic E-state index is 0.112. The molecule has 2 aliphatic rings. The minimum absolute atomic E-state index is 0.112. The van der Waals surface area contributed by atoms with E-state index < -0.39 is 0 Å². The van der Waals surface area contributed by atoms with Gasteiger partial charge in [-0.3, -0.25) is 4.79 Å². The summed E-state index contributed by atoms with van der Waals surface area (Å²) in [5, 5.41) is 7.71. The molecule has 0 aromatic rings. The largest absolute Gasteiger partial charge is 0.317 e. The molecule has 0 atom stereocenters. The second-order valence-electron chi connectivity index (χ2n) is 6.72. The lowest BCUT2D eigenvalue weighted by molar-refractivity contribution is -0.126. The average Bonchev–Trinajstić information content (AvgIpc) is 2.53. The van der Waals surface area contributed by atoms with E-state index in [1.54, 1.807) is 0 Å². The zero-order valence-electron chi connectivity index (χ0n) is 13.7. The van der Waals surface area contributed by atoms with Gasteiger partial charge in [0.2, 0.25) is 5.91 Å². The number of carbonyl (C=O) groups excluding carboxylic acids is 1. The molecule has 2 fully saturated rings. The highest BCUT2D eigenvalue weighted by Gasteiger charge is 2.27. The molecule has 0 radical (unpaired) electrons. The van der Waals surface area contributed by atoms with Crippen molar-refractivity contribution in [3.8, 4) is 0 Å². The minimum Gasteiger partial charge on any atom is -0.317 e. The molecule has 0 aromatic carbocycles. The van der Waals surface area contributed by atoms with Crippen LogP contribution < -0.4 is 10.7 Å². The lowest BCUT2D eigenvalue weighted by Crippen LogP contribution is -2.37. The van der Waals surface area contributed by atoms with Crippen LogP contribution in [0.2, 0.25) is 0 Å². The standard InChI is InChI=1S/C16H30N4O/c1-12(13-8-10-17-11-9-13)18-19-16(21)14-4-6-15(7-5-14)20(2)3/h13-15,17H,4-11H2,1-3H3,(H,19,21)/b18-12+. The van der Waals surface area contributed by atoms with Crippen LogP contribution in [0.4, 0.5) is 0 Å². The predicted molar refractivity (Wildman–Crippen MR) is 86.3 cm³/mol. The number of hydrogen-bond donors (Lipinski definition) is 2. The number of nitrogens with zero attached hydrogens (tertiary/aromatic N) is 2. The maximum Gasteiger partial charge on any atom is 0.243 e. The van der Waals surface area contributed by atoms with Crippen molar-refractivity contribution in [2.45, 2.75) is 51.5 Å². The Morgan fingerprint density at radius 1 is 1.05 bits per heavy atom. The molecule has 0 aromatic heterocycles. The highest BCUT2D eigenvalue weighted by atomic mass is 16.2. The normalized spacial score (nSPS) is 28.7. The Kier molecular flexibility index (Phi) is 6.18. The quantitative estimate of drug-likeness (QED) is 0.611. The van der Waals surface area contributed by atoms with E-state index >= 15 is 0 Å². The van der Waals surface area contributed by atoms with Gasteiger partial charge >= 0.3 is 0 Å². The van der Waals surface area contributed by atoms with Crippen molar-refractivity contribution in [2.24, 2.45) is 16.9 Å². The van der Waals surface area contributed by atoms with Gasteiger partial charge in [0.05, 0.1) is 0 Å². The van der Waals surface area contributed by atoms with E-state index in [9.17, 15) is 4.79 Å². The molecule has 5 nitrogen and oxygen atoms in total. The number of amides is 1. The summed E-state index contributed by atoms with van der Waals surface area (Å²) in [5.41, 5.74) is 3.88. The predicted octanol–water partition coefficient (Wildman–Crippen LogP) is 1.60. The topological polar surface area (TPSA) is 56.7 Å². The van der Waals surface area contributed by atoms with Gasteiger partial charge in [0.15, 0.2) is 0 Å². The van der Waals surface area contributed by atoms with Gasteiger partial charge in [-0.05, 0) is 72.6 Å². The molecule has 1 saturated heterocycles. The zero-order valence-corrected chi connectivity index (χ0v) is 13.7. The molecular formula is C16H30N4O. The lowest BCUT2D eigenvalue weighted by atomic mass is 9.85. The van der Waals surface area contributed by atoms with Crippen LogP contribution in [0.15, 0.2) is 5.10 Å². The van der Waals surface area contributed by atoms with Gasteiger partial charge in [-0.25, -0.2) is 5.43 Å². The fourth-order valence-corrected chi connectivity index (χ4v) is 3.42. The number of nitrogens with one attached hydrogen (secondary N) is 2. The highest BCUT2D eigenvalue weighted by Crippen LogP contribution is 2.26. The van der Waals surface area contributed by atoms with Crippen molar-refractivity contribution in [2.75, 3.05) is 27.2 Å². The van der Waals surface area contributed by atoms with Crippen LogP contribution >= 0.6 is 0 Å². The maximum atomic E-state index is 12.2. The molecule has 2 rings (SSSR count). The summed E-state index contributed by atoms with van der Waals surface area (Å²) in [4.78, 5) is 14.5. The Labute approximate surface area is 128 Å². The van der Waals surface area contributed by atoms with Crippen LogP contribution in [-0.2, 0) is 4.79 Å². The summed E-state index contributed by atoms with van der Waals surface area (Å²) in [5.74, 6) is 0.780. The van der Waals surface area contributed by atoms with Crippen LogP contribution in [0, 0.1) is 11.8 Å². The van der Waals surface area contributed by atoms with Crippen LogP contribution in [0.5, 0.6) is 0 Å². The van der Waals surface area contributed by atoms with Crippen molar-refractivity contribution >= 4 is 11.6 Å². The fraction of sp³-hybridized carbons (Fsp3) is 0.875. The van der Waals surface area contributed by atoms with E-state index in [4.69, 9.17) is 0 Å².